The van der Waals surface area contributed by atoms with Crippen LogP contribution in [0.25, 0.3) is 5.65 Å². The summed E-state index contributed by atoms with van der Waals surface area (Å²) in [6.07, 6.45) is 0.896. The molecule has 0 atom stereocenters. The number of nitrogens with zero attached hydrogens (tertiary/aromatic N) is 4. The zero-order valence-corrected chi connectivity index (χ0v) is 12.8. The van der Waals surface area contributed by atoms with Gasteiger partial charge in [0.25, 0.3) is 0 Å². The van der Waals surface area contributed by atoms with Crippen molar-refractivity contribution in [3.05, 3.63) is 41.7 Å². The largest absolute Gasteiger partial charge is 0.490 e. The highest BCUT2D eigenvalue weighted by Gasteiger charge is 2.14. The van der Waals surface area contributed by atoms with Crippen molar-refractivity contribution in [2.45, 2.75) is 19.9 Å². The predicted octanol–water partition coefficient (Wildman–Crippen LogP) is 2.21. The molecule has 0 amide bonds. The van der Waals surface area contributed by atoms with Crippen LogP contribution in [0.1, 0.15) is 17.8 Å². The molecule has 3 heterocycles. The standard InChI is InChI=1S/C16H17N5O2/c1-11-18-19-15-7-6-14(20-21(11)15)17-10-12-4-2-5-13-16(12)23-9-3-8-22-13/h2,4-7H,3,8-10H2,1H3,(H,17,20). The van der Waals surface area contributed by atoms with Crippen LogP contribution in [0.2, 0.25) is 0 Å². The molecule has 7 nitrogen and oxygen atoms in total. The monoisotopic (exact) mass is 311 g/mol. The molecule has 1 N–H and O–H groups in total. The molecule has 2 aromatic heterocycles. The maximum Gasteiger partial charge on any atom is 0.178 e. The first-order valence-corrected chi connectivity index (χ1v) is 7.62. The van der Waals surface area contributed by atoms with E-state index >= 15 is 0 Å². The van der Waals surface area contributed by atoms with Crippen molar-refractivity contribution in [3.63, 3.8) is 0 Å². The number of anilines is 1. The van der Waals surface area contributed by atoms with Gasteiger partial charge in [0.05, 0.1) is 13.2 Å². The van der Waals surface area contributed by atoms with E-state index in [-0.39, 0.29) is 0 Å². The van der Waals surface area contributed by atoms with Gasteiger partial charge in [0.2, 0.25) is 0 Å². The third-order valence-electron chi connectivity index (χ3n) is 3.73. The Labute approximate surface area is 133 Å². The van der Waals surface area contributed by atoms with E-state index in [1.165, 1.54) is 0 Å². The van der Waals surface area contributed by atoms with E-state index in [4.69, 9.17) is 9.47 Å². The van der Waals surface area contributed by atoms with E-state index in [1.54, 1.807) is 4.52 Å². The summed E-state index contributed by atoms with van der Waals surface area (Å²) >= 11 is 0. The van der Waals surface area contributed by atoms with Crippen LogP contribution >= 0.6 is 0 Å². The van der Waals surface area contributed by atoms with Crippen molar-refractivity contribution >= 4 is 11.5 Å². The van der Waals surface area contributed by atoms with Crippen molar-refractivity contribution in [3.8, 4) is 11.5 Å². The number of benzene rings is 1. The van der Waals surface area contributed by atoms with Crippen molar-refractivity contribution < 1.29 is 9.47 Å². The third kappa shape index (κ3) is 2.65. The first kappa shape index (κ1) is 13.8. The molecule has 0 bridgehead atoms. The molecule has 1 aliphatic rings. The minimum atomic E-state index is 0.603. The van der Waals surface area contributed by atoms with Gasteiger partial charge in [0.1, 0.15) is 5.82 Å². The molecule has 0 saturated heterocycles. The Morgan fingerprint density at radius 2 is 2.04 bits per heavy atom. The van der Waals surface area contributed by atoms with Gasteiger partial charge in [-0.05, 0) is 25.1 Å². The van der Waals surface area contributed by atoms with E-state index in [1.807, 2.05) is 37.3 Å². The lowest BCUT2D eigenvalue weighted by atomic mass is 10.2. The molecule has 23 heavy (non-hydrogen) atoms. The van der Waals surface area contributed by atoms with Crippen molar-refractivity contribution in [2.75, 3.05) is 18.5 Å². The average molecular weight is 311 g/mol. The topological polar surface area (TPSA) is 73.6 Å². The Balaban J connectivity index is 1.57. The second-order valence-electron chi connectivity index (χ2n) is 5.38. The van der Waals surface area contributed by atoms with Gasteiger partial charge in [-0.15, -0.1) is 15.3 Å². The van der Waals surface area contributed by atoms with Crippen LogP contribution in [-0.4, -0.2) is 33.0 Å². The summed E-state index contributed by atoms with van der Waals surface area (Å²) in [4.78, 5) is 0. The fourth-order valence-electron chi connectivity index (χ4n) is 2.57. The van der Waals surface area contributed by atoms with Crippen LogP contribution in [0, 0.1) is 6.92 Å². The molecule has 0 saturated carbocycles. The zero-order valence-electron chi connectivity index (χ0n) is 12.8. The molecule has 0 fully saturated rings. The number of ether oxygens (including phenoxy) is 2. The Hall–Kier alpha value is -2.83. The predicted molar refractivity (Wildman–Crippen MR) is 84.9 cm³/mol. The average Bonchev–Trinajstić information content (AvgIpc) is 2.80. The van der Waals surface area contributed by atoms with E-state index in [9.17, 15) is 0 Å². The highest BCUT2D eigenvalue weighted by Crippen LogP contribution is 2.33. The summed E-state index contributed by atoms with van der Waals surface area (Å²) in [7, 11) is 0. The van der Waals surface area contributed by atoms with Crippen molar-refractivity contribution in [2.24, 2.45) is 0 Å². The minimum Gasteiger partial charge on any atom is -0.490 e. The summed E-state index contributed by atoms with van der Waals surface area (Å²) < 4.78 is 13.3. The van der Waals surface area contributed by atoms with Gasteiger partial charge < -0.3 is 14.8 Å². The summed E-state index contributed by atoms with van der Waals surface area (Å²) in [5.41, 5.74) is 1.78. The number of nitrogens with one attached hydrogen (secondary N) is 1. The van der Waals surface area contributed by atoms with Crippen LogP contribution in [0.15, 0.2) is 30.3 Å². The molecular weight excluding hydrogens is 294 g/mol. The number of hydrogen-bond acceptors (Lipinski definition) is 6. The molecule has 1 aromatic carbocycles. The van der Waals surface area contributed by atoms with Crippen molar-refractivity contribution in [1.29, 1.82) is 0 Å². The number of aryl methyl sites for hydroxylation is 1. The summed E-state index contributed by atoms with van der Waals surface area (Å²) in [5, 5.41) is 15.8. The van der Waals surface area contributed by atoms with E-state index in [0.29, 0.717) is 19.8 Å². The number of para-hydroxylation sites is 1. The molecule has 0 spiro atoms. The smallest absolute Gasteiger partial charge is 0.178 e. The van der Waals surface area contributed by atoms with Gasteiger partial charge in [-0.3, -0.25) is 0 Å². The van der Waals surface area contributed by atoms with Gasteiger partial charge in [-0.1, -0.05) is 12.1 Å². The van der Waals surface area contributed by atoms with Gasteiger partial charge in [0, 0.05) is 18.5 Å². The second kappa shape index (κ2) is 5.75. The normalized spacial score (nSPS) is 13.8. The highest BCUT2D eigenvalue weighted by atomic mass is 16.5. The van der Waals surface area contributed by atoms with E-state index < -0.39 is 0 Å². The minimum absolute atomic E-state index is 0.603. The molecule has 3 aromatic rings. The number of rotatable bonds is 3. The van der Waals surface area contributed by atoms with Gasteiger partial charge in [-0.2, -0.15) is 4.52 Å². The van der Waals surface area contributed by atoms with Gasteiger partial charge in [0.15, 0.2) is 23.0 Å². The third-order valence-corrected chi connectivity index (χ3v) is 3.73. The lowest BCUT2D eigenvalue weighted by Gasteiger charge is -2.13. The van der Waals surface area contributed by atoms with Crippen molar-refractivity contribution in [1.82, 2.24) is 19.8 Å². The second-order valence-corrected chi connectivity index (χ2v) is 5.38. The van der Waals surface area contributed by atoms with Crippen LogP contribution in [0.3, 0.4) is 0 Å². The van der Waals surface area contributed by atoms with Gasteiger partial charge >= 0.3 is 0 Å². The molecule has 7 heteroatoms. The molecule has 0 aliphatic carbocycles. The van der Waals surface area contributed by atoms with Crippen LogP contribution < -0.4 is 14.8 Å². The molecule has 0 unspecified atom stereocenters. The Morgan fingerprint density at radius 1 is 1.13 bits per heavy atom. The lowest BCUT2D eigenvalue weighted by Crippen LogP contribution is -2.06. The van der Waals surface area contributed by atoms with E-state index in [2.05, 4.69) is 20.6 Å². The molecule has 0 radical (unpaired) electrons. The highest BCUT2D eigenvalue weighted by molar-refractivity contribution is 5.49. The fourth-order valence-corrected chi connectivity index (χ4v) is 2.57. The lowest BCUT2D eigenvalue weighted by molar-refractivity contribution is 0.296. The summed E-state index contributed by atoms with van der Waals surface area (Å²) in [6, 6.07) is 9.73. The zero-order chi connectivity index (χ0) is 15.6. The Morgan fingerprint density at radius 3 is 3.00 bits per heavy atom. The number of fused-ring (bicyclic) bond motifs is 2. The SMILES string of the molecule is Cc1nnc2ccc(NCc3cccc4c3OCCCO4)nn12. The first-order valence-electron chi connectivity index (χ1n) is 7.62. The fraction of sp³-hybridized carbons (Fsp3) is 0.312. The molecule has 1 aliphatic heterocycles. The number of aromatic nitrogens is 4. The van der Waals surface area contributed by atoms with Crippen LogP contribution in [0.5, 0.6) is 11.5 Å². The first-order chi connectivity index (χ1) is 11.3. The Bertz CT molecular complexity index is 846. The van der Waals surface area contributed by atoms with Gasteiger partial charge in [-0.25, -0.2) is 0 Å². The summed E-state index contributed by atoms with van der Waals surface area (Å²) in [5.74, 6) is 3.14. The molecule has 118 valence electrons. The maximum atomic E-state index is 5.83. The maximum absolute atomic E-state index is 5.83. The van der Waals surface area contributed by atoms with Crippen LogP contribution in [-0.2, 0) is 6.54 Å². The molecule has 4 rings (SSSR count). The molecular formula is C16H17N5O2. The quantitative estimate of drug-likeness (QED) is 0.799. The number of hydrogen-bond donors (Lipinski definition) is 1. The van der Waals surface area contributed by atoms with E-state index in [0.717, 1.165) is 40.8 Å². The summed E-state index contributed by atoms with van der Waals surface area (Å²) in [6.45, 7) is 3.84. The Kier molecular flexibility index (Phi) is 3.45. The van der Waals surface area contributed by atoms with Crippen LogP contribution in [0.4, 0.5) is 5.82 Å².